The van der Waals surface area contributed by atoms with Crippen LogP contribution < -0.4 is 10.6 Å². The van der Waals surface area contributed by atoms with Crippen LogP contribution in [-0.4, -0.2) is 22.9 Å². The van der Waals surface area contributed by atoms with Crippen molar-refractivity contribution in [1.82, 2.24) is 9.88 Å². The molecule has 3 aromatic carbocycles. The van der Waals surface area contributed by atoms with Crippen LogP contribution in [-0.2, 0) is 22.6 Å². The molecule has 1 aromatic heterocycles. The molecule has 6 nitrogen and oxygen atoms in total. The molecule has 0 unspecified atom stereocenters. The zero-order chi connectivity index (χ0) is 25.3. The predicted molar refractivity (Wildman–Crippen MR) is 138 cm³/mol. The molecule has 0 saturated carbocycles. The number of nitrogens with one attached hydrogen (secondary N) is 2. The second-order valence-corrected chi connectivity index (χ2v) is 8.30. The van der Waals surface area contributed by atoms with E-state index in [4.69, 9.17) is 0 Å². The van der Waals surface area contributed by atoms with Gasteiger partial charge in [-0.15, -0.1) is 0 Å². The zero-order valence-electron chi connectivity index (χ0n) is 19.6. The number of anilines is 1. The molecule has 0 bridgehead atoms. The highest BCUT2D eigenvalue weighted by molar-refractivity contribution is 6.04. The van der Waals surface area contributed by atoms with Crippen LogP contribution in [0, 0.1) is 17.1 Å². The molecule has 0 saturated heterocycles. The number of hydrogen-bond donors (Lipinski definition) is 2. The molecule has 180 valence electrons. The summed E-state index contributed by atoms with van der Waals surface area (Å²) < 4.78 is 14.9. The van der Waals surface area contributed by atoms with Gasteiger partial charge in [-0.05, 0) is 54.8 Å². The molecular weight excluding hydrogens is 455 g/mol. The number of nitriles is 1. The highest BCUT2D eigenvalue weighted by Crippen LogP contribution is 2.24. The van der Waals surface area contributed by atoms with Crippen LogP contribution in [0.25, 0.3) is 17.0 Å². The van der Waals surface area contributed by atoms with Crippen molar-refractivity contribution in [3.05, 3.63) is 108 Å². The molecule has 4 aromatic rings. The molecule has 4 rings (SSSR count). The van der Waals surface area contributed by atoms with Gasteiger partial charge in [-0.25, -0.2) is 4.39 Å². The molecule has 0 aliphatic heterocycles. The number of amides is 2. The third-order valence-electron chi connectivity index (χ3n) is 5.70. The first-order valence-corrected chi connectivity index (χ1v) is 11.6. The van der Waals surface area contributed by atoms with Gasteiger partial charge in [-0.2, -0.15) is 5.26 Å². The summed E-state index contributed by atoms with van der Waals surface area (Å²) in [4.78, 5) is 25.2. The first-order valence-electron chi connectivity index (χ1n) is 11.6. The monoisotopic (exact) mass is 480 g/mol. The first-order chi connectivity index (χ1) is 17.5. The van der Waals surface area contributed by atoms with Gasteiger partial charge >= 0.3 is 0 Å². The van der Waals surface area contributed by atoms with Gasteiger partial charge in [0.05, 0.1) is 0 Å². The number of aromatic nitrogens is 1. The normalized spacial score (nSPS) is 11.2. The van der Waals surface area contributed by atoms with E-state index in [1.54, 1.807) is 16.8 Å². The van der Waals surface area contributed by atoms with Crippen molar-refractivity contribution >= 4 is 34.5 Å². The molecular formula is C29H25FN4O2. The van der Waals surface area contributed by atoms with E-state index in [-0.39, 0.29) is 23.8 Å². The van der Waals surface area contributed by atoms with E-state index in [0.717, 1.165) is 23.7 Å². The maximum Gasteiger partial charge on any atom is 0.261 e. The van der Waals surface area contributed by atoms with E-state index in [0.29, 0.717) is 17.8 Å². The summed E-state index contributed by atoms with van der Waals surface area (Å²) in [5.41, 5.74) is 3.14. The molecule has 0 fully saturated rings. The maximum atomic E-state index is 13.1. The van der Waals surface area contributed by atoms with Gasteiger partial charge < -0.3 is 15.2 Å². The minimum Gasteiger partial charge on any atom is -0.351 e. The number of rotatable bonds is 9. The molecule has 2 N–H and O–H groups in total. The number of halogens is 1. The fraction of sp³-hybridized carbons (Fsp3) is 0.138. The second-order valence-electron chi connectivity index (χ2n) is 8.30. The predicted octanol–water partition coefficient (Wildman–Crippen LogP) is 5.08. The van der Waals surface area contributed by atoms with Gasteiger partial charge in [-0.3, -0.25) is 9.59 Å². The largest absolute Gasteiger partial charge is 0.351 e. The molecule has 0 atom stereocenters. The van der Waals surface area contributed by atoms with E-state index in [2.05, 4.69) is 10.6 Å². The molecule has 0 radical (unpaired) electrons. The first kappa shape index (κ1) is 24.4. The van der Waals surface area contributed by atoms with Crippen molar-refractivity contribution in [3.8, 4) is 6.07 Å². The molecule has 7 heteroatoms. The van der Waals surface area contributed by atoms with Crippen molar-refractivity contribution in [2.24, 2.45) is 0 Å². The molecule has 0 spiro atoms. The van der Waals surface area contributed by atoms with Crippen LogP contribution in [0.4, 0.5) is 10.1 Å². The third-order valence-corrected chi connectivity index (χ3v) is 5.70. The van der Waals surface area contributed by atoms with Gasteiger partial charge in [0.25, 0.3) is 5.91 Å². The fourth-order valence-electron chi connectivity index (χ4n) is 3.95. The summed E-state index contributed by atoms with van der Waals surface area (Å²) in [5, 5.41) is 16.0. The topological polar surface area (TPSA) is 86.9 Å². The van der Waals surface area contributed by atoms with Crippen molar-refractivity contribution in [2.75, 3.05) is 11.9 Å². The van der Waals surface area contributed by atoms with Crippen LogP contribution in [0.5, 0.6) is 0 Å². The Balaban J connectivity index is 1.45. The Morgan fingerprint density at radius 1 is 0.972 bits per heavy atom. The molecule has 36 heavy (non-hydrogen) atoms. The van der Waals surface area contributed by atoms with Crippen LogP contribution >= 0.6 is 0 Å². The van der Waals surface area contributed by atoms with Crippen molar-refractivity contribution < 1.29 is 14.0 Å². The van der Waals surface area contributed by atoms with Gasteiger partial charge in [-0.1, -0.05) is 48.5 Å². The summed E-state index contributed by atoms with van der Waals surface area (Å²) in [6.07, 6.45) is 4.88. The number of carbonyl (C=O) groups is 2. The van der Waals surface area contributed by atoms with Crippen LogP contribution in [0.15, 0.2) is 90.6 Å². The number of benzene rings is 3. The van der Waals surface area contributed by atoms with Gasteiger partial charge in [0.15, 0.2) is 0 Å². The average Bonchev–Trinajstić information content (AvgIpc) is 3.23. The zero-order valence-corrected chi connectivity index (χ0v) is 19.6. The lowest BCUT2D eigenvalue weighted by Gasteiger charge is -2.07. The Bertz CT molecular complexity index is 1430. The minimum atomic E-state index is -0.434. The highest BCUT2D eigenvalue weighted by atomic mass is 19.1. The Kier molecular flexibility index (Phi) is 7.89. The van der Waals surface area contributed by atoms with E-state index < -0.39 is 5.91 Å². The number of para-hydroxylation sites is 1. The minimum absolute atomic E-state index is 0.00613. The molecule has 2 amide bonds. The lowest BCUT2D eigenvalue weighted by Crippen LogP contribution is -2.25. The van der Waals surface area contributed by atoms with E-state index in [9.17, 15) is 19.2 Å². The van der Waals surface area contributed by atoms with Crippen LogP contribution in [0.2, 0.25) is 0 Å². The number of fused-ring (bicyclic) bond motifs is 1. The Morgan fingerprint density at radius 3 is 2.44 bits per heavy atom. The van der Waals surface area contributed by atoms with E-state index >= 15 is 0 Å². The number of aryl methyl sites for hydroxylation is 1. The van der Waals surface area contributed by atoms with Gasteiger partial charge in [0, 0.05) is 34.9 Å². The molecule has 0 aliphatic carbocycles. The summed E-state index contributed by atoms with van der Waals surface area (Å²) in [6, 6.07) is 25.0. The Morgan fingerprint density at radius 2 is 1.69 bits per heavy atom. The van der Waals surface area contributed by atoms with E-state index in [1.165, 1.54) is 29.8 Å². The number of nitrogens with zero attached hydrogens (tertiary/aromatic N) is 2. The van der Waals surface area contributed by atoms with Crippen molar-refractivity contribution in [2.45, 2.75) is 19.4 Å². The summed E-state index contributed by atoms with van der Waals surface area (Å²) >= 11 is 0. The lowest BCUT2D eigenvalue weighted by molar-refractivity contribution is -0.117. The lowest BCUT2D eigenvalue weighted by atomic mass is 10.1. The Labute approximate surface area is 208 Å². The fourth-order valence-corrected chi connectivity index (χ4v) is 3.95. The summed E-state index contributed by atoms with van der Waals surface area (Å²) in [5.74, 6) is -1.10. The SMILES string of the molecule is N#C/C(=C/c1cn(CC(=O)Nc2ccc(F)cc2)c2ccccc12)C(=O)NCCCc1ccccc1. The molecule has 0 aliphatic rings. The Hall–Kier alpha value is -4.70. The molecule has 1 heterocycles. The standard InChI is InChI=1S/C29H25FN4O2/c30-24-12-14-25(15-13-24)33-28(35)20-34-19-23(26-10-4-5-11-27(26)34)17-22(18-31)29(36)32-16-6-9-21-7-2-1-3-8-21/h1-5,7-8,10-15,17,19H,6,9,16,20H2,(H,32,36)(H,33,35)/b22-17-. The highest BCUT2D eigenvalue weighted by Gasteiger charge is 2.14. The van der Waals surface area contributed by atoms with E-state index in [1.807, 2.05) is 60.7 Å². The second kappa shape index (κ2) is 11.6. The average molecular weight is 481 g/mol. The van der Waals surface area contributed by atoms with Gasteiger partial charge in [0.1, 0.15) is 24.0 Å². The number of hydrogen-bond acceptors (Lipinski definition) is 3. The van der Waals surface area contributed by atoms with Crippen molar-refractivity contribution in [3.63, 3.8) is 0 Å². The van der Waals surface area contributed by atoms with Crippen LogP contribution in [0.3, 0.4) is 0 Å². The summed E-state index contributed by atoms with van der Waals surface area (Å²) in [7, 11) is 0. The van der Waals surface area contributed by atoms with Gasteiger partial charge in [0.2, 0.25) is 5.91 Å². The number of carbonyl (C=O) groups excluding carboxylic acids is 2. The van der Waals surface area contributed by atoms with Crippen molar-refractivity contribution in [1.29, 1.82) is 5.26 Å². The smallest absolute Gasteiger partial charge is 0.261 e. The van der Waals surface area contributed by atoms with Crippen LogP contribution in [0.1, 0.15) is 17.5 Å². The maximum absolute atomic E-state index is 13.1. The summed E-state index contributed by atoms with van der Waals surface area (Å²) in [6.45, 7) is 0.470. The third kappa shape index (κ3) is 6.24. The quantitative estimate of drug-likeness (QED) is 0.199.